The van der Waals surface area contributed by atoms with Gasteiger partial charge in [0.05, 0.1) is 31.2 Å². The van der Waals surface area contributed by atoms with Crippen LogP contribution in [0.4, 0.5) is 11.4 Å². The van der Waals surface area contributed by atoms with Gasteiger partial charge in [-0.15, -0.1) is 0 Å². The van der Waals surface area contributed by atoms with Crippen LogP contribution in [-0.2, 0) is 37.3 Å². The first-order valence-corrected chi connectivity index (χ1v) is 12.4. The molecule has 0 aliphatic heterocycles. The molecule has 0 aromatic heterocycles. The molecule has 0 heterocycles. The Kier molecular flexibility index (Phi) is 14.6. The van der Waals surface area contributed by atoms with E-state index in [-0.39, 0.29) is 109 Å². The zero-order valence-corrected chi connectivity index (χ0v) is 26.9. The molecule has 10 nitrogen and oxygen atoms in total. The Bertz CT molecular complexity index is 1450. The van der Waals surface area contributed by atoms with Crippen LogP contribution in [0, 0.1) is 0 Å². The van der Waals surface area contributed by atoms with Crippen LogP contribution in [0.1, 0.15) is 11.1 Å². The first kappa shape index (κ1) is 36.5. The molecule has 3 rings (SSSR count). The minimum atomic E-state index is -4.81. The summed E-state index contributed by atoms with van der Waals surface area (Å²) in [4.78, 5) is 6.85. The fourth-order valence-corrected chi connectivity index (χ4v) is 3.90. The minimum absolute atomic E-state index is 0. The topological polar surface area (TPSA) is 185 Å². The van der Waals surface area contributed by atoms with Crippen LogP contribution in [0.5, 0.6) is 11.5 Å². The second-order valence-electron chi connectivity index (χ2n) is 6.58. The van der Waals surface area contributed by atoms with Crippen molar-refractivity contribution in [3.8, 4) is 11.5 Å². The Balaban J connectivity index is 0.00000432. The van der Waals surface area contributed by atoms with Crippen molar-refractivity contribution in [3.63, 3.8) is 0 Å². The van der Waals surface area contributed by atoms with Gasteiger partial charge in [0.1, 0.15) is 20.2 Å². The van der Waals surface area contributed by atoms with Crippen molar-refractivity contribution in [1.82, 2.24) is 0 Å². The number of benzene rings is 3. The van der Waals surface area contributed by atoms with Crippen molar-refractivity contribution in [1.29, 1.82) is 0 Å². The van der Waals surface area contributed by atoms with Crippen molar-refractivity contribution in [2.75, 3.05) is 0 Å². The van der Waals surface area contributed by atoms with Crippen molar-refractivity contribution < 1.29 is 112 Å². The molecule has 187 valence electrons. The van der Waals surface area contributed by atoms with Gasteiger partial charge in [0, 0.05) is 12.4 Å². The van der Waals surface area contributed by atoms with E-state index in [9.17, 15) is 36.2 Å². The van der Waals surface area contributed by atoms with E-state index in [1.807, 2.05) is 0 Å². The Hall–Kier alpha value is -0.481. The van der Waals surface area contributed by atoms with Crippen LogP contribution in [0.2, 0.25) is 10.0 Å². The van der Waals surface area contributed by atoms with E-state index in [4.69, 9.17) is 23.2 Å². The molecule has 3 aromatic rings. The summed E-state index contributed by atoms with van der Waals surface area (Å²) in [5, 5.41) is 24.1. The minimum Gasteiger partial charge on any atom is -0.872 e. The molecule has 0 unspecified atom stereocenters. The monoisotopic (exact) mass is 649 g/mol. The fraction of sp³-hybridized carbons (Fsp3) is 0. The third kappa shape index (κ3) is 9.89. The van der Waals surface area contributed by atoms with Gasteiger partial charge in [0.25, 0.3) is 0 Å². The molecule has 0 amide bonds. The van der Waals surface area contributed by atoms with Gasteiger partial charge in [-0.2, -0.15) is 0 Å². The fourth-order valence-electron chi connectivity index (χ4n) is 2.58. The van der Waals surface area contributed by atoms with Crippen LogP contribution < -0.4 is 69.3 Å². The molecule has 3 aromatic carbocycles. The maximum Gasteiger partial charge on any atom is 2.00 e. The van der Waals surface area contributed by atoms with Crippen molar-refractivity contribution in [2.45, 2.75) is 9.79 Å². The first-order valence-electron chi connectivity index (χ1n) is 8.87. The van der Waals surface area contributed by atoms with E-state index in [2.05, 4.69) is 9.98 Å². The Morgan fingerprint density at radius 2 is 0.973 bits per heavy atom. The van der Waals surface area contributed by atoms with Gasteiger partial charge in [-0.1, -0.05) is 46.8 Å². The average molecular weight is 651 g/mol. The SMILES string of the molecule is O=S(=O)([O-])c1ccc([O-])c(C=Nc2cc(Cl)c(Cl)cc2N=Cc2cc(S(=O)(=O)[O-])ccc2[O-])c1.[Cu+2].[Na+].[Na+]. The van der Waals surface area contributed by atoms with Gasteiger partial charge in [-0.25, -0.2) is 16.8 Å². The summed E-state index contributed by atoms with van der Waals surface area (Å²) >= 11 is 12.0. The molecule has 0 spiro atoms. The molecule has 0 fully saturated rings. The third-order valence-corrected chi connectivity index (χ3v) is 6.63. The van der Waals surface area contributed by atoms with Crippen molar-refractivity contribution >= 4 is 67.2 Å². The van der Waals surface area contributed by atoms with Gasteiger partial charge in [-0.05, 0) is 47.5 Å². The molecule has 1 radical (unpaired) electrons. The van der Waals surface area contributed by atoms with Crippen LogP contribution in [0.15, 0.2) is 68.3 Å². The predicted molar refractivity (Wildman–Crippen MR) is 119 cm³/mol. The van der Waals surface area contributed by atoms with E-state index in [1.54, 1.807) is 0 Å². The number of rotatable bonds is 6. The molecule has 0 bridgehead atoms. The van der Waals surface area contributed by atoms with Gasteiger partial charge in [0.15, 0.2) is 0 Å². The molecule has 17 heteroatoms. The van der Waals surface area contributed by atoms with E-state index < -0.39 is 41.5 Å². The van der Waals surface area contributed by atoms with Gasteiger partial charge in [-0.3, -0.25) is 9.98 Å². The van der Waals surface area contributed by atoms with E-state index in [1.165, 1.54) is 12.1 Å². The maximum atomic E-state index is 12.0. The smallest absolute Gasteiger partial charge is 0.872 e. The summed E-state index contributed by atoms with van der Waals surface area (Å²) in [6.07, 6.45) is 1.97. The molecule has 0 saturated carbocycles. The van der Waals surface area contributed by atoms with Gasteiger partial charge >= 0.3 is 76.2 Å². The molecule has 0 aliphatic rings. The normalized spacial score (nSPS) is 11.6. The third-order valence-electron chi connectivity index (χ3n) is 4.24. The summed E-state index contributed by atoms with van der Waals surface area (Å²) in [5.74, 6) is -1.24. The number of hydrogen-bond acceptors (Lipinski definition) is 10. The quantitative estimate of drug-likeness (QED) is 0.149. The van der Waals surface area contributed by atoms with Crippen molar-refractivity contribution in [3.05, 3.63) is 69.7 Å². The predicted octanol–water partition coefficient (Wildman–Crippen LogP) is -3.54. The van der Waals surface area contributed by atoms with Crippen LogP contribution in [-0.4, -0.2) is 38.4 Å². The molecule has 0 aliphatic carbocycles. The molecule has 37 heavy (non-hydrogen) atoms. The largest absolute Gasteiger partial charge is 2.00 e. The zero-order chi connectivity index (χ0) is 25.3. The second kappa shape index (κ2) is 14.8. The standard InChI is InChI=1S/C20H14Cl2N2O8S2.Cu.2Na/c21-15-7-17(23-9-11-5-13(33(27,28)29)1-3-19(11)25)18(8-16(15)22)24-10-12-6-14(34(30,31)32)2-4-20(12)26;;;/h1-10,25-26H,(H,27,28,29)(H,30,31,32);;;/q;+2;2*+1/p-4. The summed E-state index contributed by atoms with van der Waals surface area (Å²) in [6, 6.07) is 7.77. The Labute approximate surface area is 277 Å². The van der Waals surface area contributed by atoms with E-state index in [0.717, 1.165) is 48.8 Å². The molecule has 0 atom stereocenters. The number of aliphatic imine (C=N–C) groups is 2. The van der Waals surface area contributed by atoms with E-state index >= 15 is 0 Å². The molecule has 0 saturated heterocycles. The molecule has 0 N–H and O–H groups in total. The second-order valence-corrected chi connectivity index (χ2v) is 10.2. The zero-order valence-electron chi connectivity index (χ0n) is 18.8. The molecular formula is C20H10Cl2CuN2Na2O8S2. The summed E-state index contributed by atoms with van der Waals surface area (Å²) in [7, 11) is -9.62. The summed E-state index contributed by atoms with van der Waals surface area (Å²) in [5.41, 5.74) is -0.373. The number of nitrogens with zero attached hydrogens (tertiary/aromatic N) is 2. The van der Waals surface area contributed by atoms with Gasteiger partial charge < -0.3 is 19.3 Å². The van der Waals surface area contributed by atoms with Crippen LogP contribution >= 0.6 is 23.2 Å². The number of hydrogen-bond donors (Lipinski definition) is 0. The average Bonchev–Trinajstić information content (AvgIpc) is 2.73. The summed E-state index contributed by atoms with van der Waals surface area (Å²) < 4.78 is 67.2. The van der Waals surface area contributed by atoms with Crippen LogP contribution in [0.3, 0.4) is 0 Å². The van der Waals surface area contributed by atoms with E-state index in [0.29, 0.717) is 0 Å². The Morgan fingerprint density at radius 3 is 1.27 bits per heavy atom. The number of halogens is 2. The maximum absolute atomic E-state index is 12.0. The first-order chi connectivity index (χ1) is 15.8. The van der Waals surface area contributed by atoms with Crippen molar-refractivity contribution in [2.24, 2.45) is 9.98 Å². The van der Waals surface area contributed by atoms with Crippen LogP contribution in [0.25, 0.3) is 0 Å². The Morgan fingerprint density at radius 1 is 0.649 bits per heavy atom. The van der Waals surface area contributed by atoms with Gasteiger partial charge in [0.2, 0.25) is 0 Å². The molecular weight excluding hydrogens is 641 g/mol. The summed E-state index contributed by atoms with van der Waals surface area (Å²) in [6.45, 7) is 0.